The van der Waals surface area contributed by atoms with Crippen molar-refractivity contribution in [2.24, 2.45) is 5.92 Å². The molecule has 136 valence electrons. The van der Waals surface area contributed by atoms with Gasteiger partial charge in [-0.1, -0.05) is 6.92 Å². The average molecular weight is 364 g/mol. The summed E-state index contributed by atoms with van der Waals surface area (Å²) < 4.78 is 85.7. The fraction of sp³-hybridized carbons (Fsp3) is 1.00. The lowest BCUT2D eigenvalue weighted by molar-refractivity contribution is -0.183. The normalized spacial score (nSPS) is 38.1. The van der Waals surface area contributed by atoms with Gasteiger partial charge in [0.25, 0.3) is 0 Å². The molecule has 5 atom stereocenters. The van der Waals surface area contributed by atoms with Gasteiger partial charge in [0.05, 0.1) is 12.7 Å². The van der Waals surface area contributed by atoms with E-state index in [1.54, 1.807) is 13.8 Å². The van der Waals surface area contributed by atoms with Crippen LogP contribution >= 0.6 is 0 Å². The number of rotatable bonds is 4. The summed E-state index contributed by atoms with van der Waals surface area (Å²) in [6.07, 6.45) is -4.00. The van der Waals surface area contributed by atoms with Crippen LogP contribution in [-0.4, -0.2) is 58.0 Å². The first-order valence-electron chi connectivity index (χ1n) is 6.87. The maximum atomic E-state index is 12.5. The smallest absolute Gasteiger partial charge is 0.353 e. The van der Waals surface area contributed by atoms with E-state index in [0.717, 1.165) is 0 Å². The number of ether oxygens (including phenoxy) is 4. The minimum Gasteiger partial charge on any atom is -0.353 e. The van der Waals surface area contributed by atoms with Crippen LogP contribution in [0.1, 0.15) is 20.8 Å². The van der Waals surface area contributed by atoms with Gasteiger partial charge in [0.1, 0.15) is 12.2 Å². The van der Waals surface area contributed by atoms with Gasteiger partial charge in [0, 0.05) is 13.0 Å². The fourth-order valence-electron chi connectivity index (χ4n) is 2.62. The van der Waals surface area contributed by atoms with Gasteiger partial charge < -0.3 is 18.9 Å². The number of hydrogen-bond acceptors (Lipinski definition) is 7. The SMILES string of the molecule is CO[C@H]1O[C@H]([C@H]2COC(C)(C)O2)[C@@H](C)[C@H]1OS(=O)(=O)C(F)(F)F. The predicted octanol–water partition coefficient (Wildman–Crippen LogP) is 1.38. The van der Waals surface area contributed by atoms with E-state index in [0.29, 0.717) is 0 Å². The first-order chi connectivity index (χ1) is 10.4. The molecule has 0 unspecified atom stereocenters. The van der Waals surface area contributed by atoms with Gasteiger partial charge in [-0.05, 0) is 13.8 Å². The van der Waals surface area contributed by atoms with Crippen LogP contribution in [0.2, 0.25) is 0 Å². The molecule has 0 aliphatic carbocycles. The van der Waals surface area contributed by atoms with Crippen LogP contribution < -0.4 is 0 Å². The molecule has 7 nitrogen and oxygen atoms in total. The number of hydrogen-bond donors (Lipinski definition) is 0. The maximum absolute atomic E-state index is 12.5. The average Bonchev–Trinajstić information content (AvgIpc) is 2.89. The highest BCUT2D eigenvalue weighted by atomic mass is 32.2. The Morgan fingerprint density at radius 1 is 1.26 bits per heavy atom. The Kier molecular flexibility index (Phi) is 5.02. The third-order valence-electron chi connectivity index (χ3n) is 3.75. The molecule has 0 bridgehead atoms. The molecule has 2 aliphatic heterocycles. The van der Waals surface area contributed by atoms with Gasteiger partial charge in [0.15, 0.2) is 12.1 Å². The van der Waals surface area contributed by atoms with Crippen LogP contribution in [0.4, 0.5) is 13.2 Å². The highest BCUT2D eigenvalue weighted by Gasteiger charge is 2.56. The third-order valence-corrected chi connectivity index (χ3v) is 4.79. The summed E-state index contributed by atoms with van der Waals surface area (Å²) in [7, 11) is -4.57. The minimum absolute atomic E-state index is 0.164. The lowest BCUT2D eigenvalue weighted by atomic mass is 9.97. The van der Waals surface area contributed by atoms with Crippen molar-refractivity contribution in [3.8, 4) is 0 Å². The second-order valence-corrected chi connectivity index (χ2v) is 7.46. The molecule has 2 saturated heterocycles. The lowest BCUT2D eigenvalue weighted by Gasteiger charge is -2.23. The van der Waals surface area contributed by atoms with E-state index in [1.807, 2.05) is 0 Å². The van der Waals surface area contributed by atoms with E-state index in [4.69, 9.17) is 18.9 Å². The molecule has 0 N–H and O–H groups in total. The van der Waals surface area contributed by atoms with Crippen LogP contribution in [0.5, 0.6) is 0 Å². The molecule has 2 aliphatic rings. The summed E-state index contributed by atoms with van der Waals surface area (Å²) in [5.74, 6) is -1.58. The van der Waals surface area contributed by atoms with E-state index in [1.165, 1.54) is 14.0 Å². The van der Waals surface area contributed by atoms with Crippen molar-refractivity contribution in [3.63, 3.8) is 0 Å². The summed E-state index contributed by atoms with van der Waals surface area (Å²) >= 11 is 0. The second-order valence-electron chi connectivity index (χ2n) is 5.89. The Balaban J connectivity index is 2.15. The largest absolute Gasteiger partial charge is 0.523 e. The number of methoxy groups -OCH3 is 1. The zero-order valence-electron chi connectivity index (χ0n) is 13.0. The van der Waals surface area contributed by atoms with Crippen LogP contribution in [0, 0.1) is 5.92 Å². The maximum Gasteiger partial charge on any atom is 0.523 e. The zero-order valence-corrected chi connectivity index (χ0v) is 13.8. The van der Waals surface area contributed by atoms with Crippen molar-refractivity contribution in [1.29, 1.82) is 0 Å². The van der Waals surface area contributed by atoms with Gasteiger partial charge in [-0.25, -0.2) is 0 Å². The summed E-state index contributed by atoms with van der Waals surface area (Å²) in [6, 6.07) is 0. The Morgan fingerprint density at radius 3 is 2.30 bits per heavy atom. The molecule has 0 spiro atoms. The van der Waals surface area contributed by atoms with Gasteiger partial charge in [-0.2, -0.15) is 21.6 Å². The standard InChI is InChI=1S/C12H19F3O7S/c1-6-8(7-5-19-11(2,3)21-7)20-10(18-4)9(6)22-23(16,17)12(13,14)15/h6-10H,5H2,1-4H3/t6-,7-,8+,9-,10+/m1/s1. The van der Waals surface area contributed by atoms with E-state index < -0.39 is 51.9 Å². The summed E-state index contributed by atoms with van der Waals surface area (Å²) in [6.45, 7) is 5.04. The molecule has 0 aromatic rings. The Labute approximate surface area is 132 Å². The molecule has 0 aromatic carbocycles. The topological polar surface area (TPSA) is 80.3 Å². The predicted molar refractivity (Wildman–Crippen MR) is 69.6 cm³/mol. The highest BCUT2D eigenvalue weighted by molar-refractivity contribution is 7.87. The van der Waals surface area contributed by atoms with Crippen LogP contribution in [0.15, 0.2) is 0 Å². The molecule has 23 heavy (non-hydrogen) atoms. The molecule has 2 fully saturated rings. The van der Waals surface area contributed by atoms with Crippen LogP contribution in [-0.2, 0) is 33.2 Å². The molecular formula is C12H19F3O7S. The monoisotopic (exact) mass is 364 g/mol. The molecule has 2 heterocycles. The first kappa shape index (κ1) is 18.9. The van der Waals surface area contributed by atoms with Gasteiger partial charge >= 0.3 is 15.6 Å². The van der Waals surface area contributed by atoms with Crippen LogP contribution in [0.3, 0.4) is 0 Å². The van der Waals surface area contributed by atoms with E-state index in [9.17, 15) is 21.6 Å². The molecule has 0 amide bonds. The quantitative estimate of drug-likeness (QED) is 0.551. The Morgan fingerprint density at radius 2 is 1.87 bits per heavy atom. The highest BCUT2D eigenvalue weighted by Crippen LogP contribution is 2.39. The Bertz CT molecular complexity index is 533. The van der Waals surface area contributed by atoms with Gasteiger partial charge in [-0.15, -0.1) is 0 Å². The molecule has 0 saturated carbocycles. The molecular weight excluding hydrogens is 345 g/mol. The number of halogens is 3. The summed E-state index contributed by atoms with van der Waals surface area (Å²) in [5.41, 5.74) is -5.52. The summed E-state index contributed by atoms with van der Waals surface area (Å²) in [5, 5.41) is 0. The van der Waals surface area contributed by atoms with E-state index in [-0.39, 0.29) is 6.61 Å². The van der Waals surface area contributed by atoms with Crippen molar-refractivity contribution >= 4 is 10.1 Å². The molecule has 2 rings (SSSR count). The number of alkyl halides is 3. The van der Waals surface area contributed by atoms with Crippen molar-refractivity contribution in [2.45, 2.75) is 56.7 Å². The summed E-state index contributed by atoms with van der Waals surface area (Å²) in [4.78, 5) is 0. The molecule has 0 radical (unpaired) electrons. The minimum atomic E-state index is -5.76. The lowest BCUT2D eigenvalue weighted by Crippen LogP contribution is -2.39. The first-order valence-corrected chi connectivity index (χ1v) is 8.28. The van der Waals surface area contributed by atoms with E-state index in [2.05, 4.69) is 4.18 Å². The second kappa shape index (κ2) is 6.12. The van der Waals surface area contributed by atoms with Gasteiger partial charge in [0.2, 0.25) is 0 Å². The van der Waals surface area contributed by atoms with Crippen molar-refractivity contribution in [2.75, 3.05) is 13.7 Å². The molecule has 0 aromatic heterocycles. The third kappa shape index (κ3) is 3.80. The van der Waals surface area contributed by atoms with Crippen molar-refractivity contribution < 1.29 is 44.7 Å². The van der Waals surface area contributed by atoms with Crippen LogP contribution in [0.25, 0.3) is 0 Å². The van der Waals surface area contributed by atoms with Crippen molar-refractivity contribution in [1.82, 2.24) is 0 Å². The Hall–Kier alpha value is -0.460. The van der Waals surface area contributed by atoms with E-state index >= 15 is 0 Å². The molecule has 11 heteroatoms. The van der Waals surface area contributed by atoms with Gasteiger partial charge in [-0.3, -0.25) is 4.18 Å². The fourth-order valence-corrected chi connectivity index (χ4v) is 3.29. The zero-order chi connectivity index (χ0) is 17.6. The van der Waals surface area contributed by atoms with Crippen molar-refractivity contribution in [3.05, 3.63) is 0 Å².